The van der Waals surface area contributed by atoms with Gasteiger partial charge in [0.05, 0.1) is 11.6 Å². The molecule has 0 aliphatic heterocycles. The minimum atomic E-state index is -0.741. The van der Waals surface area contributed by atoms with E-state index in [0.29, 0.717) is 0 Å². The highest BCUT2D eigenvalue weighted by molar-refractivity contribution is 9.10. The van der Waals surface area contributed by atoms with Crippen molar-refractivity contribution >= 4 is 32.4 Å². The van der Waals surface area contributed by atoms with E-state index in [2.05, 4.69) is 45.5 Å². The molecule has 2 rings (SSSR count). The molecule has 3 heteroatoms. The smallest absolute Gasteiger partial charge is 0.0789 e. The predicted octanol–water partition coefficient (Wildman–Crippen LogP) is 4.17. The second-order valence-electron chi connectivity index (χ2n) is 5.23. The van der Waals surface area contributed by atoms with Gasteiger partial charge in [-0.3, -0.25) is 0 Å². The molecular formula is C15H18BrNO. The fraction of sp³-hybridized carbons (Fsp3) is 0.333. The van der Waals surface area contributed by atoms with Gasteiger partial charge in [-0.15, -0.1) is 0 Å². The Morgan fingerprint density at radius 1 is 1.11 bits per heavy atom. The molecule has 0 saturated carbocycles. The monoisotopic (exact) mass is 307 g/mol. The quantitative estimate of drug-likeness (QED) is 0.892. The molecule has 96 valence electrons. The van der Waals surface area contributed by atoms with Crippen LogP contribution in [-0.2, 0) is 0 Å². The zero-order valence-corrected chi connectivity index (χ0v) is 12.5. The molecule has 1 unspecified atom stereocenters. The molecule has 0 aromatic heterocycles. The number of anilines is 1. The highest BCUT2D eigenvalue weighted by atomic mass is 79.9. The number of hydrogen-bond donors (Lipinski definition) is 2. The molecule has 0 spiro atoms. The van der Waals surface area contributed by atoms with Crippen molar-refractivity contribution in [1.82, 2.24) is 0 Å². The molecule has 0 heterocycles. The second-order valence-corrected chi connectivity index (χ2v) is 6.14. The third-order valence-electron chi connectivity index (χ3n) is 3.25. The molecule has 0 radical (unpaired) electrons. The zero-order valence-electron chi connectivity index (χ0n) is 10.9. The molecule has 0 aliphatic carbocycles. The number of halogens is 1. The van der Waals surface area contributed by atoms with E-state index in [1.165, 1.54) is 10.8 Å². The fourth-order valence-electron chi connectivity index (χ4n) is 1.73. The van der Waals surface area contributed by atoms with Crippen molar-refractivity contribution in [2.45, 2.75) is 32.4 Å². The van der Waals surface area contributed by atoms with Gasteiger partial charge in [0.1, 0.15) is 0 Å². The third-order valence-corrected chi connectivity index (χ3v) is 3.74. The molecule has 1 atom stereocenters. The number of hydrogen-bond acceptors (Lipinski definition) is 2. The van der Waals surface area contributed by atoms with Crippen molar-refractivity contribution in [2.24, 2.45) is 0 Å². The average Bonchev–Trinajstić information content (AvgIpc) is 2.28. The van der Waals surface area contributed by atoms with Gasteiger partial charge in [0.25, 0.3) is 0 Å². The Bertz CT molecular complexity index is 560. The molecule has 2 aromatic rings. The van der Waals surface area contributed by atoms with Crippen molar-refractivity contribution in [2.75, 3.05) is 5.32 Å². The first kappa shape index (κ1) is 13.4. The molecule has 2 aromatic carbocycles. The number of nitrogens with one attached hydrogen (secondary N) is 1. The van der Waals surface area contributed by atoms with Crippen LogP contribution in [0.4, 0.5) is 5.69 Å². The Morgan fingerprint density at radius 3 is 2.39 bits per heavy atom. The Labute approximate surface area is 116 Å². The Kier molecular flexibility index (Phi) is 3.64. The summed E-state index contributed by atoms with van der Waals surface area (Å²) in [6.07, 6.45) is 0. The molecule has 18 heavy (non-hydrogen) atoms. The largest absolute Gasteiger partial charge is 0.388 e. The first-order valence-corrected chi connectivity index (χ1v) is 6.84. The van der Waals surface area contributed by atoms with Crippen molar-refractivity contribution in [3.8, 4) is 0 Å². The zero-order chi connectivity index (χ0) is 13.3. The van der Waals surface area contributed by atoms with Crippen LogP contribution in [0.1, 0.15) is 20.8 Å². The molecule has 0 fully saturated rings. The van der Waals surface area contributed by atoms with Crippen LogP contribution in [0.5, 0.6) is 0 Å². The number of benzene rings is 2. The van der Waals surface area contributed by atoms with Crippen LogP contribution in [-0.4, -0.2) is 16.7 Å². The Morgan fingerprint density at radius 2 is 1.72 bits per heavy atom. The minimum Gasteiger partial charge on any atom is -0.388 e. The maximum atomic E-state index is 9.93. The number of fused-ring (bicyclic) bond motifs is 1. The maximum absolute atomic E-state index is 9.93. The lowest BCUT2D eigenvalue weighted by molar-refractivity contribution is 0.0649. The van der Waals surface area contributed by atoms with Crippen LogP contribution in [0.25, 0.3) is 10.8 Å². The van der Waals surface area contributed by atoms with E-state index in [-0.39, 0.29) is 6.04 Å². The van der Waals surface area contributed by atoms with Crippen LogP contribution in [0.15, 0.2) is 40.9 Å². The van der Waals surface area contributed by atoms with Gasteiger partial charge < -0.3 is 10.4 Å². The van der Waals surface area contributed by atoms with Crippen LogP contribution in [0.3, 0.4) is 0 Å². The van der Waals surface area contributed by atoms with Crippen molar-refractivity contribution in [1.29, 1.82) is 0 Å². The fourth-order valence-corrected chi connectivity index (χ4v) is 2.11. The van der Waals surface area contributed by atoms with Gasteiger partial charge in [-0.05, 0) is 55.8 Å². The van der Waals surface area contributed by atoms with Gasteiger partial charge in [-0.2, -0.15) is 0 Å². The Balaban J connectivity index is 2.28. The van der Waals surface area contributed by atoms with Crippen LogP contribution < -0.4 is 5.32 Å². The average molecular weight is 308 g/mol. The molecule has 2 nitrogen and oxygen atoms in total. The summed E-state index contributed by atoms with van der Waals surface area (Å²) in [5.41, 5.74) is 0.286. The van der Waals surface area contributed by atoms with Crippen LogP contribution in [0, 0.1) is 0 Å². The first-order chi connectivity index (χ1) is 8.36. The van der Waals surface area contributed by atoms with E-state index in [0.717, 1.165) is 10.2 Å². The Hall–Kier alpha value is -1.06. The van der Waals surface area contributed by atoms with Gasteiger partial charge in [0, 0.05) is 10.2 Å². The maximum Gasteiger partial charge on any atom is 0.0789 e. The van der Waals surface area contributed by atoms with Crippen molar-refractivity contribution in [3.05, 3.63) is 40.9 Å². The minimum absolute atomic E-state index is 0.00889. The topological polar surface area (TPSA) is 32.3 Å². The first-order valence-electron chi connectivity index (χ1n) is 6.04. The highest BCUT2D eigenvalue weighted by Crippen LogP contribution is 2.24. The van der Waals surface area contributed by atoms with E-state index in [4.69, 9.17) is 0 Å². The van der Waals surface area contributed by atoms with E-state index in [1.807, 2.05) is 32.9 Å². The molecule has 2 N–H and O–H groups in total. The molecular weight excluding hydrogens is 290 g/mol. The van der Waals surface area contributed by atoms with E-state index < -0.39 is 5.60 Å². The van der Waals surface area contributed by atoms with Gasteiger partial charge in [0.2, 0.25) is 0 Å². The van der Waals surface area contributed by atoms with Gasteiger partial charge in [-0.1, -0.05) is 28.1 Å². The van der Waals surface area contributed by atoms with Gasteiger partial charge in [-0.25, -0.2) is 0 Å². The van der Waals surface area contributed by atoms with E-state index in [9.17, 15) is 5.11 Å². The standard InChI is InChI=1S/C15H18BrNO/c1-10(15(2,3)18)17-14-7-5-11-8-13(16)6-4-12(11)9-14/h4-10,17-18H,1-3H3. The highest BCUT2D eigenvalue weighted by Gasteiger charge is 2.21. The van der Waals surface area contributed by atoms with E-state index in [1.54, 1.807) is 0 Å². The second kappa shape index (κ2) is 4.90. The van der Waals surface area contributed by atoms with Crippen LogP contribution in [0.2, 0.25) is 0 Å². The number of aliphatic hydroxyl groups is 1. The summed E-state index contributed by atoms with van der Waals surface area (Å²) >= 11 is 3.47. The normalized spacial score (nSPS) is 13.6. The molecule has 0 amide bonds. The van der Waals surface area contributed by atoms with Gasteiger partial charge in [0.15, 0.2) is 0 Å². The van der Waals surface area contributed by atoms with Gasteiger partial charge >= 0.3 is 0 Å². The molecule has 0 saturated heterocycles. The van der Waals surface area contributed by atoms with E-state index >= 15 is 0 Å². The summed E-state index contributed by atoms with van der Waals surface area (Å²) in [4.78, 5) is 0. The molecule has 0 bridgehead atoms. The third kappa shape index (κ3) is 3.03. The summed E-state index contributed by atoms with van der Waals surface area (Å²) in [7, 11) is 0. The molecule has 0 aliphatic rings. The summed E-state index contributed by atoms with van der Waals surface area (Å²) in [5.74, 6) is 0. The van der Waals surface area contributed by atoms with Crippen LogP contribution >= 0.6 is 15.9 Å². The SMILES string of the molecule is CC(Nc1ccc2cc(Br)ccc2c1)C(C)(C)O. The predicted molar refractivity (Wildman–Crippen MR) is 81.0 cm³/mol. The lowest BCUT2D eigenvalue weighted by atomic mass is 10.0. The summed E-state index contributed by atoms with van der Waals surface area (Å²) < 4.78 is 1.08. The summed E-state index contributed by atoms with van der Waals surface area (Å²) in [6, 6.07) is 12.4. The van der Waals surface area contributed by atoms with Crippen molar-refractivity contribution in [3.63, 3.8) is 0 Å². The lowest BCUT2D eigenvalue weighted by Gasteiger charge is -2.27. The lowest BCUT2D eigenvalue weighted by Crippen LogP contribution is -2.39. The summed E-state index contributed by atoms with van der Waals surface area (Å²) in [5, 5.41) is 15.6. The van der Waals surface area contributed by atoms with Crippen molar-refractivity contribution < 1.29 is 5.11 Å². The summed E-state index contributed by atoms with van der Waals surface area (Å²) in [6.45, 7) is 5.59. The number of rotatable bonds is 3.